The van der Waals surface area contributed by atoms with E-state index in [0.29, 0.717) is 24.6 Å². The molecule has 1 aromatic carbocycles. The maximum atomic E-state index is 12.8. The molecule has 3 amide bonds. The lowest BCUT2D eigenvalue weighted by Crippen LogP contribution is -2.52. The number of fused-ring (bicyclic) bond motifs is 1. The number of hydrogen-bond donors (Lipinski definition) is 1. The van der Waals surface area contributed by atoms with Gasteiger partial charge in [-0.2, -0.15) is 0 Å². The summed E-state index contributed by atoms with van der Waals surface area (Å²) in [6.07, 6.45) is 4.32. The standard InChI is InChI=1S/C22H29N3O4/c1-3-24-11-5-4-6-18(24)14(2)29-16-7-8-17-15(12-16)13-25(22(17)28)19-9-10-20(26)23-21(19)27/h7-8,12,14,18-19H,3-6,9-11,13H2,1-2H3,(H,23,26,27)/t14-,18-,19+/m1/s1. The predicted molar refractivity (Wildman–Crippen MR) is 107 cm³/mol. The van der Waals surface area contributed by atoms with Crippen LogP contribution in [-0.2, 0) is 16.1 Å². The molecule has 0 saturated carbocycles. The maximum absolute atomic E-state index is 12.8. The number of carbonyl (C=O) groups excluding carboxylic acids is 3. The molecule has 1 aromatic rings. The minimum Gasteiger partial charge on any atom is -0.489 e. The number of likely N-dealkylation sites (N-methyl/N-ethyl adjacent to an activating group) is 1. The van der Waals surface area contributed by atoms with Crippen LogP contribution in [0.5, 0.6) is 5.75 Å². The van der Waals surface area contributed by atoms with E-state index in [1.807, 2.05) is 12.1 Å². The molecule has 0 bridgehead atoms. The first kappa shape index (κ1) is 19.9. The van der Waals surface area contributed by atoms with E-state index in [2.05, 4.69) is 24.1 Å². The number of piperidine rings is 2. The molecule has 2 fully saturated rings. The number of hydrogen-bond acceptors (Lipinski definition) is 5. The Kier molecular flexibility index (Phi) is 5.58. The van der Waals surface area contributed by atoms with Crippen LogP contribution in [0.3, 0.4) is 0 Å². The zero-order chi connectivity index (χ0) is 20.5. The minimum atomic E-state index is -0.587. The predicted octanol–water partition coefficient (Wildman–Crippen LogP) is 2.09. The summed E-state index contributed by atoms with van der Waals surface area (Å²) in [7, 11) is 0. The third-order valence-corrected chi connectivity index (χ3v) is 6.43. The van der Waals surface area contributed by atoms with Crippen LogP contribution in [0.25, 0.3) is 0 Å². The van der Waals surface area contributed by atoms with Gasteiger partial charge in [-0.05, 0) is 63.0 Å². The van der Waals surface area contributed by atoms with Gasteiger partial charge in [0.2, 0.25) is 11.8 Å². The van der Waals surface area contributed by atoms with E-state index in [1.165, 1.54) is 12.8 Å². The van der Waals surface area contributed by atoms with E-state index in [4.69, 9.17) is 4.74 Å². The topological polar surface area (TPSA) is 79.0 Å². The first-order chi connectivity index (χ1) is 14.0. The average molecular weight is 399 g/mol. The lowest BCUT2D eigenvalue weighted by molar-refractivity contribution is -0.136. The molecule has 156 valence electrons. The quantitative estimate of drug-likeness (QED) is 0.767. The van der Waals surface area contributed by atoms with E-state index in [9.17, 15) is 14.4 Å². The van der Waals surface area contributed by atoms with Crippen molar-refractivity contribution in [2.75, 3.05) is 13.1 Å². The largest absolute Gasteiger partial charge is 0.489 e. The number of carbonyl (C=O) groups is 3. The van der Waals surface area contributed by atoms with Crippen LogP contribution in [0.4, 0.5) is 0 Å². The highest BCUT2D eigenvalue weighted by Gasteiger charge is 2.39. The van der Waals surface area contributed by atoms with Crippen LogP contribution in [0.1, 0.15) is 61.9 Å². The third kappa shape index (κ3) is 3.88. The molecule has 1 N–H and O–H groups in total. The summed E-state index contributed by atoms with van der Waals surface area (Å²) in [5, 5.41) is 2.34. The molecule has 7 nitrogen and oxygen atoms in total. The molecule has 29 heavy (non-hydrogen) atoms. The van der Waals surface area contributed by atoms with Gasteiger partial charge in [-0.25, -0.2) is 0 Å². The molecule has 3 heterocycles. The Hall–Kier alpha value is -2.41. The molecular formula is C22H29N3O4. The van der Waals surface area contributed by atoms with E-state index >= 15 is 0 Å². The number of amides is 3. The number of ether oxygens (including phenoxy) is 1. The van der Waals surface area contributed by atoms with Crippen molar-refractivity contribution in [3.05, 3.63) is 29.3 Å². The minimum absolute atomic E-state index is 0.0663. The zero-order valence-corrected chi connectivity index (χ0v) is 17.1. The third-order valence-electron chi connectivity index (χ3n) is 6.43. The molecule has 0 radical (unpaired) electrons. The van der Waals surface area contributed by atoms with Crippen molar-refractivity contribution in [1.82, 2.24) is 15.1 Å². The van der Waals surface area contributed by atoms with E-state index in [1.54, 1.807) is 11.0 Å². The van der Waals surface area contributed by atoms with E-state index in [0.717, 1.165) is 30.8 Å². The summed E-state index contributed by atoms with van der Waals surface area (Å²) in [6.45, 7) is 6.82. The second-order valence-corrected chi connectivity index (χ2v) is 8.23. The molecule has 0 aromatic heterocycles. The Morgan fingerprint density at radius 1 is 1.21 bits per heavy atom. The molecule has 2 saturated heterocycles. The highest BCUT2D eigenvalue weighted by molar-refractivity contribution is 6.05. The summed E-state index contributed by atoms with van der Waals surface area (Å²) in [4.78, 5) is 40.4. The summed E-state index contributed by atoms with van der Waals surface area (Å²) >= 11 is 0. The SMILES string of the molecule is CCN1CCCC[C@@H]1[C@@H](C)Oc1ccc2c(c1)CN([C@H]1CCC(=O)NC1=O)C2=O. The van der Waals surface area contributed by atoms with Gasteiger partial charge in [-0.15, -0.1) is 0 Å². The number of rotatable bonds is 5. The van der Waals surface area contributed by atoms with Crippen molar-refractivity contribution in [3.63, 3.8) is 0 Å². The first-order valence-electron chi connectivity index (χ1n) is 10.7. The second-order valence-electron chi connectivity index (χ2n) is 8.23. The number of imide groups is 1. The van der Waals surface area contributed by atoms with E-state index < -0.39 is 6.04 Å². The Labute approximate surface area is 171 Å². The lowest BCUT2D eigenvalue weighted by Gasteiger charge is -2.38. The van der Waals surface area contributed by atoms with Crippen molar-refractivity contribution >= 4 is 17.7 Å². The van der Waals surface area contributed by atoms with Crippen molar-refractivity contribution in [2.24, 2.45) is 0 Å². The molecule has 3 aliphatic rings. The van der Waals surface area contributed by atoms with Crippen LogP contribution in [-0.4, -0.2) is 58.8 Å². The highest BCUT2D eigenvalue weighted by atomic mass is 16.5. The lowest BCUT2D eigenvalue weighted by atomic mass is 9.98. The molecule has 7 heteroatoms. The maximum Gasteiger partial charge on any atom is 0.255 e. The molecular weight excluding hydrogens is 370 g/mol. The van der Waals surface area contributed by atoms with Gasteiger partial charge in [-0.3, -0.25) is 24.6 Å². The fraction of sp³-hybridized carbons (Fsp3) is 0.591. The van der Waals surface area contributed by atoms with Gasteiger partial charge in [0.15, 0.2) is 0 Å². The number of nitrogens with zero attached hydrogens (tertiary/aromatic N) is 2. The van der Waals surface area contributed by atoms with Gasteiger partial charge in [-0.1, -0.05) is 13.3 Å². The Balaban J connectivity index is 1.46. The Morgan fingerprint density at radius 2 is 2.03 bits per heavy atom. The van der Waals surface area contributed by atoms with Crippen molar-refractivity contribution in [1.29, 1.82) is 0 Å². The molecule has 0 aliphatic carbocycles. The number of likely N-dealkylation sites (tertiary alicyclic amines) is 1. The van der Waals surface area contributed by atoms with Gasteiger partial charge in [0.1, 0.15) is 17.9 Å². The summed E-state index contributed by atoms with van der Waals surface area (Å²) < 4.78 is 6.27. The fourth-order valence-corrected chi connectivity index (χ4v) is 4.86. The van der Waals surface area contributed by atoms with Crippen molar-refractivity contribution in [2.45, 2.75) is 70.7 Å². The summed E-state index contributed by atoms with van der Waals surface area (Å²) in [5.74, 6) is -0.0530. The molecule has 3 aliphatic heterocycles. The molecule has 0 unspecified atom stereocenters. The monoisotopic (exact) mass is 399 g/mol. The molecule has 0 spiro atoms. The molecule has 3 atom stereocenters. The normalized spacial score (nSPS) is 26.3. The summed E-state index contributed by atoms with van der Waals surface area (Å²) in [5.41, 5.74) is 1.49. The van der Waals surface area contributed by atoms with Crippen LogP contribution < -0.4 is 10.1 Å². The van der Waals surface area contributed by atoms with Crippen LogP contribution in [0, 0.1) is 0 Å². The van der Waals surface area contributed by atoms with Gasteiger partial charge >= 0.3 is 0 Å². The summed E-state index contributed by atoms with van der Waals surface area (Å²) in [6, 6.07) is 5.39. The van der Waals surface area contributed by atoms with Crippen molar-refractivity contribution in [3.8, 4) is 5.75 Å². The first-order valence-corrected chi connectivity index (χ1v) is 10.7. The number of nitrogens with one attached hydrogen (secondary N) is 1. The van der Waals surface area contributed by atoms with Crippen molar-refractivity contribution < 1.29 is 19.1 Å². The molecule has 4 rings (SSSR count). The van der Waals surface area contributed by atoms with Gasteiger partial charge < -0.3 is 9.64 Å². The van der Waals surface area contributed by atoms with Gasteiger partial charge in [0.25, 0.3) is 5.91 Å². The Morgan fingerprint density at radius 3 is 2.79 bits per heavy atom. The van der Waals surface area contributed by atoms with Crippen LogP contribution in [0.2, 0.25) is 0 Å². The van der Waals surface area contributed by atoms with E-state index in [-0.39, 0.29) is 30.2 Å². The van der Waals surface area contributed by atoms with Crippen LogP contribution >= 0.6 is 0 Å². The highest BCUT2D eigenvalue weighted by Crippen LogP contribution is 2.31. The smallest absolute Gasteiger partial charge is 0.255 e. The second kappa shape index (κ2) is 8.14. The zero-order valence-electron chi connectivity index (χ0n) is 17.1. The van der Waals surface area contributed by atoms with Gasteiger partial charge in [0.05, 0.1) is 0 Å². The Bertz CT molecular complexity index is 824. The average Bonchev–Trinajstić information content (AvgIpc) is 3.03. The van der Waals surface area contributed by atoms with Gasteiger partial charge in [0, 0.05) is 24.6 Å². The fourth-order valence-electron chi connectivity index (χ4n) is 4.86. The number of benzene rings is 1. The van der Waals surface area contributed by atoms with Crippen LogP contribution in [0.15, 0.2) is 18.2 Å².